The van der Waals surface area contributed by atoms with E-state index in [1.54, 1.807) is 0 Å². The van der Waals surface area contributed by atoms with Crippen molar-refractivity contribution >= 4 is 18.5 Å². The van der Waals surface area contributed by atoms with E-state index >= 15 is 0 Å². The Hall–Kier alpha value is 2.72. The van der Waals surface area contributed by atoms with Crippen molar-refractivity contribution in [3.63, 3.8) is 0 Å². The SMILES string of the molecule is OP(O)(O)=S.[H-].[Li+].[Ti].[Zr]. The van der Waals surface area contributed by atoms with Crippen LogP contribution in [0.25, 0.3) is 0 Å². The zero-order valence-corrected chi connectivity index (χ0v) is 9.93. The molecule has 0 aliphatic heterocycles. The van der Waals surface area contributed by atoms with Crippen molar-refractivity contribution < 1.29 is 82.9 Å². The van der Waals surface area contributed by atoms with Gasteiger partial charge in [0.2, 0.25) is 0 Å². The fraction of sp³-hybridized carbons (Fsp3) is 0. The molecule has 0 amide bonds. The first-order valence-electron chi connectivity index (χ1n) is 0.783. The van der Waals surface area contributed by atoms with Gasteiger partial charge in [-0.05, 0) is 11.8 Å². The predicted molar refractivity (Wildman–Crippen MR) is 22.1 cm³/mol. The van der Waals surface area contributed by atoms with Crippen molar-refractivity contribution in [1.82, 2.24) is 0 Å². The average molecular weight is 261 g/mol. The Kier molecular flexibility index (Phi) is 27.3. The summed E-state index contributed by atoms with van der Waals surface area (Å²) in [6.07, 6.45) is 0. The average Bonchev–Trinajstić information content (AvgIpc) is 0.722. The quantitative estimate of drug-likeness (QED) is 0.310. The minimum atomic E-state index is -3.81. The second-order valence-corrected chi connectivity index (χ2v) is 3.01. The molecule has 8 heteroatoms. The molecular formula is H4LiO3PSTiZr. The van der Waals surface area contributed by atoms with Crippen LogP contribution in [0, 0.1) is 0 Å². The van der Waals surface area contributed by atoms with Crippen LogP contribution in [0.2, 0.25) is 0 Å². The van der Waals surface area contributed by atoms with Gasteiger partial charge in [0.15, 0.2) is 0 Å². The van der Waals surface area contributed by atoms with Gasteiger partial charge in [0.25, 0.3) is 0 Å². The Morgan fingerprint density at radius 2 is 1.25 bits per heavy atom. The molecule has 0 aromatic heterocycles. The molecule has 0 radical (unpaired) electrons. The molecule has 0 atom stereocenters. The van der Waals surface area contributed by atoms with Gasteiger partial charge >= 0.3 is 25.6 Å². The van der Waals surface area contributed by atoms with Crippen LogP contribution in [0.15, 0.2) is 0 Å². The molecule has 3 nitrogen and oxygen atoms in total. The molecule has 0 spiro atoms. The summed E-state index contributed by atoms with van der Waals surface area (Å²) in [5.41, 5.74) is 0. The summed E-state index contributed by atoms with van der Waals surface area (Å²) in [7, 11) is 0. The zero-order chi connectivity index (χ0) is 4.50. The minimum Gasteiger partial charge on any atom is -1.00 e. The van der Waals surface area contributed by atoms with Crippen molar-refractivity contribution in [2.24, 2.45) is 0 Å². The monoisotopic (exact) mass is 260 g/mol. The maximum atomic E-state index is 7.56. The van der Waals surface area contributed by atoms with E-state index in [1.165, 1.54) is 0 Å². The summed E-state index contributed by atoms with van der Waals surface area (Å²) in [6, 6.07) is 0. The van der Waals surface area contributed by atoms with E-state index in [9.17, 15) is 0 Å². The van der Waals surface area contributed by atoms with Crippen molar-refractivity contribution in [2.75, 3.05) is 0 Å². The number of hydrogen-bond acceptors (Lipinski definition) is 1. The van der Waals surface area contributed by atoms with Crippen LogP contribution in [0.1, 0.15) is 1.43 Å². The zero-order valence-electron chi connectivity index (χ0n) is 5.20. The van der Waals surface area contributed by atoms with Crippen LogP contribution in [-0.4, -0.2) is 14.7 Å². The largest absolute Gasteiger partial charge is 1.00 e. The minimum absolute atomic E-state index is 0. The standard InChI is InChI=1S/Li.H3O3PS.Ti.Zr.H/c;1-4(2,3)5;;;/h;(H3,1,2,3,5);;;/q+1;;;;-1. The molecule has 0 aromatic carbocycles. The van der Waals surface area contributed by atoms with Crippen molar-refractivity contribution in [3.8, 4) is 0 Å². The van der Waals surface area contributed by atoms with Gasteiger partial charge in [0.05, 0.1) is 0 Å². The molecule has 0 fully saturated rings. The number of hydrogen-bond donors (Lipinski definition) is 3. The molecular weight excluding hydrogens is 257 g/mol. The molecule has 0 heterocycles. The summed E-state index contributed by atoms with van der Waals surface area (Å²) >= 11 is 3.60. The second kappa shape index (κ2) is 9.72. The summed E-state index contributed by atoms with van der Waals surface area (Å²) in [5, 5.41) is 0. The molecule has 3 N–H and O–H groups in total. The molecule has 0 unspecified atom stereocenters. The third kappa shape index (κ3) is 70.1. The van der Waals surface area contributed by atoms with Crippen LogP contribution >= 0.6 is 6.72 Å². The van der Waals surface area contributed by atoms with E-state index in [1.807, 2.05) is 0 Å². The van der Waals surface area contributed by atoms with Gasteiger partial charge < -0.3 is 16.1 Å². The molecule has 0 rings (SSSR count). The predicted octanol–water partition coefficient (Wildman–Crippen LogP) is -3.70. The first-order valence-corrected chi connectivity index (χ1v) is 3.44. The van der Waals surface area contributed by atoms with Gasteiger partial charge in [-0.25, -0.2) is 0 Å². The smallest absolute Gasteiger partial charge is 1.00 e. The maximum Gasteiger partial charge on any atom is 1.00 e. The van der Waals surface area contributed by atoms with Crippen LogP contribution < -0.4 is 18.9 Å². The molecule has 0 aromatic rings. The van der Waals surface area contributed by atoms with Gasteiger partial charge in [-0.3, -0.25) is 0 Å². The molecule has 42 valence electrons. The first-order chi connectivity index (χ1) is 2.00. The molecule has 0 aliphatic rings. The third-order valence-corrected chi connectivity index (χ3v) is 0. The van der Waals surface area contributed by atoms with Gasteiger partial charge in [0.1, 0.15) is 0 Å². The normalized spacial score (nSPS) is 7.38. The van der Waals surface area contributed by atoms with E-state index in [-0.39, 0.29) is 68.2 Å². The van der Waals surface area contributed by atoms with Gasteiger partial charge in [0, 0.05) is 47.9 Å². The molecule has 0 bridgehead atoms. The molecule has 0 saturated heterocycles. The van der Waals surface area contributed by atoms with E-state index in [0.717, 1.165) is 0 Å². The fourth-order valence-corrected chi connectivity index (χ4v) is 0. The molecule has 8 heavy (non-hydrogen) atoms. The second-order valence-electron chi connectivity index (χ2n) is 0.513. The fourth-order valence-electron chi connectivity index (χ4n) is 0. The Morgan fingerprint density at radius 1 is 1.25 bits per heavy atom. The van der Waals surface area contributed by atoms with E-state index in [2.05, 4.69) is 11.8 Å². The van der Waals surface area contributed by atoms with Gasteiger partial charge in [-0.2, -0.15) is 0 Å². The van der Waals surface area contributed by atoms with E-state index < -0.39 is 6.72 Å². The Bertz CT molecular complexity index is 69.9. The third-order valence-electron chi connectivity index (χ3n) is 0. The summed E-state index contributed by atoms with van der Waals surface area (Å²) in [5.74, 6) is 0. The van der Waals surface area contributed by atoms with Gasteiger partial charge in [-0.1, -0.05) is 0 Å². The topological polar surface area (TPSA) is 60.7 Å². The first kappa shape index (κ1) is 22.4. The Balaban J connectivity index is -0.0000000133. The summed E-state index contributed by atoms with van der Waals surface area (Å²) in [6.45, 7) is -3.81. The van der Waals surface area contributed by atoms with Crippen LogP contribution in [-0.2, 0) is 59.7 Å². The van der Waals surface area contributed by atoms with E-state index in [0.29, 0.717) is 0 Å². The Morgan fingerprint density at radius 3 is 1.25 bits per heavy atom. The van der Waals surface area contributed by atoms with Crippen molar-refractivity contribution in [2.45, 2.75) is 0 Å². The van der Waals surface area contributed by atoms with Crippen LogP contribution in [0.3, 0.4) is 0 Å². The van der Waals surface area contributed by atoms with Crippen LogP contribution in [0.5, 0.6) is 0 Å². The molecule has 0 saturated carbocycles. The van der Waals surface area contributed by atoms with E-state index in [4.69, 9.17) is 14.7 Å². The maximum absolute atomic E-state index is 7.56. The summed E-state index contributed by atoms with van der Waals surface area (Å²) in [4.78, 5) is 22.7. The Labute approximate surface area is 100 Å². The van der Waals surface area contributed by atoms with Crippen molar-refractivity contribution in [1.29, 1.82) is 0 Å². The summed E-state index contributed by atoms with van der Waals surface area (Å²) < 4.78 is 0. The van der Waals surface area contributed by atoms with Crippen LogP contribution in [0.4, 0.5) is 0 Å². The number of rotatable bonds is 0. The molecule has 0 aliphatic carbocycles. The van der Waals surface area contributed by atoms with Crippen molar-refractivity contribution in [3.05, 3.63) is 0 Å². The van der Waals surface area contributed by atoms with Gasteiger partial charge in [-0.15, -0.1) is 0 Å².